The molecular formula is C26H29N5O2. The second kappa shape index (κ2) is 9.17. The highest BCUT2D eigenvalue weighted by Crippen LogP contribution is 2.30. The van der Waals surface area contributed by atoms with E-state index in [4.69, 9.17) is 0 Å². The Morgan fingerprint density at radius 3 is 2.70 bits per heavy atom. The Balaban J connectivity index is 1.26. The molecule has 2 aliphatic heterocycles. The first kappa shape index (κ1) is 21.4. The molecule has 0 saturated carbocycles. The van der Waals surface area contributed by atoms with Crippen LogP contribution in [-0.4, -0.2) is 33.1 Å². The average Bonchev–Trinajstić information content (AvgIpc) is 3.35. The molecular weight excluding hydrogens is 414 g/mol. The summed E-state index contributed by atoms with van der Waals surface area (Å²) in [6, 6.07) is 15.6. The maximum Gasteiger partial charge on any atom is 0.229 e. The highest BCUT2D eigenvalue weighted by molar-refractivity contribution is 6.03. The number of para-hydroxylation sites is 1. The minimum atomic E-state index is -0.366. The zero-order valence-electron chi connectivity index (χ0n) is 19.0. The average molecular weight is 444 g/mol. The van der Waals surface area contributed by atoms with Gasteiger partial charge in [-0.25, -0.2) is 0 Å². The van der Waals surface area contributed by atoms with E-state index in [9.17, 15) is 9.59 Å². The van der Waals surface area contributed by atoms with E-state index in [-0.39, 0.29) is 24.2 Å². The number of nitrogens with zero attached hydrogens (tertiary/aromatic N) is 4. The molecule has 7 heteroatoms. The number of anilines is 2. The number of carbonyl (C=O) groups is 2. The lowest BCUT2D eigenvalue weighted by Crippen LogP contribution is -2.28. The Kier molecular flexibility index (Phi) is 5.94. The van der Waals surface area contributed by atoms with Crippen molar-refractivity contribution in [3.63, 3.8) is 0 Å². The third-order valence-corrected chi connectivity index (χ3v) is 6.68. The molecule has 1 fully saturated rings. The van der Waals surface area contributed by atoms with E-state index in [1.807, 2.05) is 48.5 Å². The smallest absolute Gasteiger partial charge is 0.229 e. The minimum absolute atomic E-state index is 0.00102. The summed E-state index contributed by atoms with van der Waals surface area (Å²) >= 11 is 0. The SMILES string of the molecule is CCc1ccccc1N1CC(C(=O)Nc2ccc(-c3nnc4n3CCCCC4)cc2)CC1=O. The molecule has 0 spiro atoms. The lowest BCUT2D eigenvalue weighted by atomic mass is 10.1. The van der Waals surface area contributed by atoms with Gasteiger partial charge in [0.25, 0.3) is 0 Å². The Morgan fingerprint density at radius 2 is 1.88 bits per heavy atom. The summed E-state index contributed by atoms with van der Waals surface area (Å²) in [5.41, 5.74) is 3.75. The highest BCUT2D eigenvalue weighted by Gasteiger charge is 2.35. The monoisotopic (exact) mass is 443 g/mol. The standard InChI is InChI=1S/C26H29N5O2/c1-2-18-8-5-6-9-22(18)31-17-20(16-24(31)32)26(33)27-21-13-11-19(12-14-21)25-29-28-23-10-4-3-7-15-30(23)25/h5-6,8-9,11-14,20H,2-4,7,10,15-17H2,1H3,(H,27,33). The lowest BCUT2D eigenvalue weighted by molar-refractivity contribution is -0.122. The summed E-state index contributed by atoms with van der Waals surface area (Å²) < 4.78 is 2.22. The van der Waals surface area contributed by atoms with Gasteiger partial charge in [-0.05, 0) is 55.2 Å². The molecule has 2 amide bonds. The van der Waals surface area contributed by atoms with Crippen LogP contribution in [-0.2, 0) is 29.0 Å². The number of carbonyl (C=O) groups excluding carboxylic acids is 2. The first-order valence-electron chi connectivity index (χ1n) is 11.9. The van der Waals surface area contributed by atoms with Crippen molar-refractivity contribution in [2.45, 2.75) is 52.0 Å². The fourth-order valence-corrected chi connectivity index (χ4v) is 4.83. The maximum atomic E-state index is 12.9. The van der Waals surface area contributed by atoms with E-state index in [1.165, 1.54) is 6.42 Å². The van der Waals surface area contributed by atoms with Gasteiger partial charge in [0.2, 0.25) is 11.8 Å². The summed E-state index contributed by atoms with van der Waals surface area (Å²) in [6.45, 7) is 3.43. The summed E-state index contributed by atoms with van der Waals surface area (Å²) in [5, 5.41) is 11.8. The molecule has 1 saturated heterocycles. The van der Waals surface area contributed by atoms with Crippen molar-refractivity contribution >= 4 is 23.2 Å². The van der Waals surface area contributed by atoms with Gasteiger partial charge >= 0.3 is 0 Å². The lowest BCUT2D eigenvalue weighted by Gasteiger charge is -2.20. The van der Waals surface area contributed by atoms with Crippen molar-refractivity contribution in [3.05, 3.63) is 59.9 Å². The molecule has 5 rings (SSSR count). The van der Waals surface area contributed by atoms with Gasteiger partial charge in [-0.3, -0.25) is 9.59 Å². The third kappa shape index (κ3) is 4.27. The maximum absolute atomic E-state index is 12.9. The van der Waals surface area contributed by atoms with Crippen LogP contribution in [0, 0.1) is 5.92 Å². The van der Waals surface area contributed by atoms with E-state index < -0.39 is 0 Å². The Bertz CT molecular complexity index is 1170. The minimum Gasteiger partial charge on any atom is -0.326 e. The molecule has 1 unspecified atom stereocenters. The molecule has 1 aromatic heterocycles. The van der Waals surface area contributed by atoms with Gasteiger partial charge in [0.05, 0.1) is 5.92 Å². The van der Waals surface area contributed by atoms with Gasteiger partial charge in [0.1, 0.15) is 5.82 Å². The molecule has 0 bridgehead atoms. The zero-order chi connectivity index (χ0) is 22.8. The molecule has 2 aliphatic rings. The fourth-order valence-electron chi connectivity index (χ4n) is 4.83. The quantitative estimate of drug-likeness (QED) is 0.640. The number of aromatic nitrogens is 3. The van der Waals surface area contributed by atoms with Crippen LogP contribution in [0.15, 0.2) is 48.5 Å². The van der Waals surface area contributed by atoms with Crippen LogP contribution in [0.2, 0.25) is 0 Å². The van der Waals surface area contributed by atoms with E-state index >= 15 is 0 Å². The number of aryl methyl sites for hydroxylation is 2. The first-order chi connectivity index (χ1) is 16.1. The van der Waals surface area contributed by atoms with Crippen LogP contribution in [0.4, 0.5) is 11.4 Å². The predicted molar refractivity (Wildman–Crippen MR) is 128 cm³/mol. The number of rotatable bonds is 5. The molecule has 3 aromatic rings. The van der Waals surface area contributed by atoms with Crippen LogP contribution in [0.5, 0.6) is 0 Å². The van der Waals surface area contributed by atoms with E-state index in [0.717, 1.165) is 66.4 Å². The second-order valence-corrected chi connectivity index (χ2v) is 8.86. The number of hydrogen-bond acceptors (Lipinski definition) is 4. The van der Waals surface area contributed by atoms with Crippen molar-refractivity contribution in [2.75, 3.05) is 16.8 Å². The zero-order valence-corrected chi connectivity index (χ0v) is 19.0. The molecule has 7 nitrogen and oxygen atoms in total. The number of fused-ring (bicyclic) bond motifs is 1. The number of amides is 2. The summed E-state index contributed by atoms with van der Waals surface area (Å²) in [6.07, 6.45) is 5.58. The Labute approximate surface area is 193 Å². The summed E-state index contributed by atoms with van der Waals surface area (Å²) in [4.78, 5) is 27.3. The van der Waals surface area contributed by atoms with E-state index in [0.29, 0.717) is 6.54 Å². The highest BCUT2D eigenvalue weighted by atomic mass is 16.2. The van der Waals surface area contributed by atoms with Crippen LogP contribution in [0.25, 0.3) is 11.4 Å². The number of hydrogen-bond donors (Lipinski definition) is 1. The van der Waals surface area contributed by atoms with E-state index in [2.05, 4.69) is 27.0 Å². The molecule has 0 aliphatic carbocycles. The fraction of sp³-hybridized carbons (Fsp3) is 0.385. The first-order valence-corrected chi connectivity index (χ1v) is 11.9. The molecule has 170 valence electrons. The van der Waals surface area contributed by atoms with Crippen molar-refractivity contribution in [1.82, 2.24) is 14.8 Å². The van der Waals surface area contributed by atoms with Gasteiger partial charge in [-0.2, -0.15) is 0 Å². The van der Waals surface area contributed by atoms with Gasteiger partial charge in [-0.15, -0.1) is 10.2 Å². The molecule has 33 heavy (non-hydrogen) atoms. The van der Waals surface area contributed by atoms with Crippen LogP contribution in [0.1, 0.15) is 44.0 Å². The molecule has 1 atom stereocenters. The van der Waals surface area contributed by atoms with Crippen LogP contribution >= 0.6 is 0 Å². The van der Waals surface area contributed by atoms with Gasteiger partial charge in [0.15, 0.2) is 5.82 Å². The van der Waals surface area contributed by atoms with Gasteiger partial charge < -0.3 is 14.8 Å². The molecule has 1 N–H and O–H groups in total. The third-order valence-electron chi connectivity index (χ3n) is 6.68. The normalized spacial score (nSPS) is 18.2. The largest absolute Gasteiger partial charge is 0.326 e. The molecule has 2 aromatic carbocycles. The van der Waals surface area contributed by atoms with Crippen molar-refractivity contribution in [1.29, 1.82) is 0 Å². The topological polar surface area (TPSA) is 80.1 Å². The Hall–Kier alpha value is -3.48. The predicted octanol–water partition coefficient (Wildman–Crippen LogP) is 4.23. The number of benzene rings is 2. The second-order valence-electron chi connectivity index (χ2n) is 8.86. The van der Waals surface area contributed by atoms with Crippen LogP contribution in [0.3, 0.4) is 0 Å². The summed E-state index contributed by atoms with van der Waals surface area (Å²) in [5.74, 6) is 1.45. The van der Waals surface area contributed by atoms with Crippen molar-refractivity contribution < 1.29 is 9.59 Å². The van der Waals surface area contributed by atoms with Crippen molar-refractivity contribution in [2.24, 2.45) is 5.92 Å². The van der Waals surface area contributed by atoms with E-state index in [1.54, 1.807) is 4.90 Å². The van der Waals surface area contributed by atoms with Crippen molar-refractivity contribution in [3.8, 4) is 11.4 Å². The Morgan fingerprint density at radius 1 is 1.06 bits per heavy atom. The molecule has 3 heterocycles. The molecule has 0 radical (unpaired) electrons. The van der Waals surface area contributed by atoms with Crippen LogP contribution < -0.4 is 10.2 Å². The summed E-state index contributed by atoms with van der Waals surface area (Å²) in [7, 11) is 0. The van der Waals surface area contributed by atoms with Gasteiger partial charge in [-0.1, -0.05) is 31.5 Å². The van der Waals surface area contributed by atoms with Gasteiger partial charge in [0, 0.05) is 42.9 Å². The number of nitrogens with one attached hydrogen (secondary N) is 1.